The fourth-order valence-corrected chi connectivity index (χ4v) is 3.29. The topological polar surface area (TPSA) is 61.4 Å². The lowest BCUT2D eigenvalue weighted by Gasteiger charge is -2.32. The third-order valence-electron chi connectivity index (χ3n) is 4.52. The fraction of sp³-hybridized carbons (Fsp3) is 0.238. The van der Waals surface area contributed by atoms with Gasteiger partial charge < -0.3 is 15.5 Å². The quantitative estimate of drug-likeness (QED) is 0.700. The van der Waals surface area contributed by atoms with E-state index in [1.807, 2.05) is 30.3 Å². The number of hydrogen-bond donors (Lipinski definition) is 2. The van der Waals surface area contributed by atoms with E-state index in [-0.39, 0.29) is 18.0 Å². The van der Waals surface area contributed by atoms with Crippen LogP contribution < -0.4 is 10.6 Å². The Hall–Kier alpha value is -2.50. The molecule has 2 aromatic rings. The van der Waals surface area contributed by atoms with Gasteiger partial charge >= 0.3 is 6.03 Å². The van der Waals surface area contributed by atoms with E-state index in [0.717, 1.165) is 11.3 Å². The van der Waals surface area contributed by atoms with Crippen molar-refractivity contribution in [3.8, 4) is 0 Å². The van der Waals surface area contributed by atoms with Crippen molar-refractivity contribution >= 4 is 46.9 Å². The van der Waals surface area contributed by atoms with E-state index < -0.39 is 0 Å². The van der Waals surface area contributed by atoms with Crippen LogP contribution in [0.4, 0.5) is 10.5 Å². The summed E-state index contributed by atoms with van der Waals surface area (Å²) in [5.74, 6) is -0.168. The molecule has 0 aromatic heterocycles. The number of benzene rings is 2. The molecule has 0 spiro atoms. The summed E-state index contributed by atoms with van der Waals surface area (Å²) in [5.41, 5.74) is 1.58. The second kappa shape index (κ2) is 9.62. The number of anilines is 1. The van der Waals surface area contributed by atoms with Crippen LogP contribution in [0.25, 0.3) is 6.08 Å². The monoisotopic (exact) mass is 417 g/mol. The van der Waals surface area contributed by atoms with E-state index in [1.165, 1.54) is 6.08 Å². The van der Waals surface area contributed by atoms with Crippen molar-refractivity contribution in [3.63, 3.8) is 0 Å². The van der Waals surface area contributed by atoms with Crippen molar-refractivity contribution in [1.82, 2.24) is 10.2 Å². The van der Waals surface area contributed by atoms with E-state index in [2.05, 4.69) is 10.6 Å². The van der Waals surface area contributed by atoms with Gasteiger partial charge in [0.2, 0.25) is 5.91 Å². The number of urea groups is 1. The molecule has 1 aliphatic rings. The van der Waals surface area contributed by atoms with Gasteiger partial charge in [-0.15, -0.1) is 0 Å². The van der Waals surface area contributed by atoms with Crippen LogP contribution in [0.5, 0.6) is 0 Å². The first-order valence-electron chi connectivity index (χ1n) is 9.06. The van der Waals surface area contributed by atoms with Gasteiger partial charge in [-0.2, -0.15) is 0 Å². The van der Waals surface area contributed by atoms with Crippen LogP contribution in [0.1, 0.15) is 18.4 Å². The minimum Gasteiger partial charge on any atom is -0.350 e. The fourth-order valence-electron chi connectivity index (χ4n) is 2.99. The first kappa shape index (κ1) is 20.2. The second-order valence-corrected chi connectivity index (χ2v) is 7.39. The lowest BCUT2D eigenvalue weighted by molar-refractivity contribution is -0.117. The van der Waals surface area contributed by atoms with E-state index in [4.69, 9.17) is 23.2 Å². The third-order valence-corrected chi connectivity index (χ3v) is 5.26. The minimum absolute atomic E-state index is 0.0479. The van der Waals surface area contributed by atoms with Crippen LogP contribution >= 0.6 is 23.2 Å². The molecule has 1 fully saturated rings. The Balaban J connectivity index is 1.44. The zero-order valence-electron chi connectivity index (χ0n) is 15.2. The summed E-state index contributed by atoms with van der Waals surface area (Å²) in [4.78, 5) is 26.2. The minimum atomic E-state index is -0.168. The Morgan fingerprint density at radius 3 is 2.39 bits per heavy atom. The van der Waals surface area contributed by atoms with Crippen LogP contribution in [0, 0.1) is 0 Å². The van der Waals surface area contributed by atoms with Crippen molar-refractivity contribution in [2.45, 2.75) is 18.9 Å². The van der Waals surface area contributed by atoms with Crippen LogP contribution in [0.15, 0.2) is 54.6 Å². The van der Waals surface area contributed by atoms with Gasteiger partial charge in [0, 0.05) is 30.9 Å². The number of rotatable bonds is 4. The number of amides is 3. The van der Waals surface area contributed by atoms with Gasteiger partial charge in [-0.1, -0.05) is 47.5 Å². The first-order chi connectivity index (χ1) is 13.5. The van der Waals surface area contributed by atoms with Crippen LogP contribution in [-0.4, -0.2) is 36.0 Å². The van der Waals surface area contributed by atoms with Crippen molar-refractivity contribution < 1.29 is 9.59 Å². The van der Waals surface area contributed by atoms with E-state index in [0.29, 0.717) is 36.0 Å². The maximum absolute atomic E-state index is 12.3. The summed E-state index contributed by atoms with van der Waals surface area (Å²) >= 11 is 11.9. The number of nitrogens with one attached hydrogen (secondary N) is 2. The molecule has 0 aliphatic carbocycles. The summed E-state index contributed by atoms with van der Waals surface area (Å²) in [5, 5.41) is 6.79. The third kappa shape index (κ3) is 5.75. The largest absolute Gasteiger partial charge is 0.350 e. The van der Waals surface area contributed by atoms with Crippen LogP contribution in [0.3, 0.4) is 0 Å². The predicted octanol–water partition coefficient (Wildman–Crippen LogP) is 4.82. The Morgan fingerprint density at radius 2 is 1.71 bits per heavy atom. The Morgan fingerprint density at radius 1 is 1.00 bits per heavy atom. The maximum atomic E-state index is 12.3. The summed E-state index contributed by atoms with van der Waals surface area (Å²) in [6, 6.07) is 14.5. The number of hydrogen-bond acceptors (Lipinski definition) is 2. The number of carbonyl (C=O) groups excluding carboxylic acids is 2. The normalized spacial score (nSPS) is 14.9. The highest BCUT2D eigenvalue weighted by atomic mass is 35.5. The van der Waals surface area contributed by atoms with E-state index in [9.17, 15) is 9.59 Å². The second-order valence-electron chi connectivity index (χ2n) is 6.57. The molecule has 1 saturated heterocycles. The smallest absolute Gasteiger partial charge is 0.321 e. The van der Waals surface area contributed by atoms with Crippen molar-refractivity contribution in [3.05, 3.63) is 70.2 Å². The average Bonchev–Trinajstić information content (AvgIpc) is 2.70. The zero-order chi connectivity index (χ0) is 19.9. The number of piperidine rings is 1. The molecule has 3 rings (SSSR count). The molecule has 1 aliphatic heterocycles. The van der Waals surface area contributed by atoms with Gasteiger partial charge in [0.05, 0.1) is 10.0 Å². The standard InChI is InChI=1S/C21H21Cl2N3O2/c22-18-8-6-15(14-19(18)23)7-9-20(27)24-17-10-12-26(13-11-17)21(28)25-16-4-2-1-3-5-16/h1-9,14,17H,10-13H2,(H,24,27)(H,25,28)/b9-7+. The molecular weight excluding hydrogens is 397 g/mol. The SMILES string of the molecule is O=C(/C=C/c1ccc(Cl)c(Cl)c1)NC1CCN(C(=O)Nc2ccccc2)CC1. The first-order valence-corrected chi connectivity index (χ1v) is 9.81. The molecule has 2 N–H and O–H groups in total. The molecular formula is C21H21Cl2N3O2. The summed E-state index contributed by atoms with van der Waals surface area (Å²) in [7, 11) is 0. The van der Waals surface area contributed by atoms with Crippen molar-refractivity contribution in [2.24, 2.45) is 0 Å². The molecule has 7 heteroatoms. The molecule has 28 heavy (non-hydrogen) atoms. The molecule has 0 bridgehead atoms. The van der Waals surface area contributed by atoms with Gasteiger partial charge in [0.1, 0.15) is 0 Å². The highest BCUT2D eigenvalue weighted by Gasteiger charge is 2.23. The van der Waals surface area contributed by atoms with Gasteiger partial charge in [0.15, 0.2) is 0 Å². The summed E-state index contributed by atoms with van der Waals surface area (Å²) in [6.45, 7) is 1.19. The molecule has 0 radical (unpaired) electrons. The maximum Gasteiger partial charge on any atom is 0.321 e. The van der Waals surface area contributed by atoms with Gasteiger partial charge in [-0.05, 0) is 48.7 Å². The number of para-hydroxylation sites is 1. The molecule has 2 aromatic carbocycles. The Bertz CT molecular complexity index is 863. The molecule has 0 saturated carbocycles. The Labute approximate surface area is 174 Å². The van der Waals surface area contributed by atoms with Gasteiger partial charge in [-0.25, -0.2) is 4.79 Å². The molecule has 146 valence electrons. The van der Waals surface area contributed by atoms with Gasteiger partial charge in [0.25, 0.3) is 0 Å². The lowest BCUT2D eigenvalue weighted by atomic mass is 10.1. The van der Waals surface area contributed by atoms with E-state index in [1.54, 1.807) is 29.2 Å². The highest BCUT2D eigenvalue weighted by molar-refractivity contribution is 6.42. The molecule has 3 amide bonds. The highest BCUT2D eigenvalue weighted by Crippen LogP contribution is 2.23. The number of likely N-dealkylation sites (tertiary alicyclic amines) is 1. The summed E-state index contributed by atoms with van der Waals surface area (Å²) in [6.07, 6.45) is 4.61. The van der Waals surface area contributed by atoms with Crippen molar-refractivity contribution in [2.75, 3.05) is 18.4 Å². The van der Waals surface area contributed by atoms with Crippen LogP contribution in [-0.2, 0) is 4.79 Å². The Kier molecular flexibility index (Phi) is 6.95. The number of nitrogens with zero attached hydrogens (tertiary/aromatic N) is 1. The van der Waals surface area contributed by atoms with E-state index >= 15 is 0 Å². The zero-order valence-corrected chi connectivity index (χ0v) is 16.7. The predicted molar refractivity (Wildman–Crippen MR) is 114 cm³/mol. The molecule has 1 heterocycles. The molecule has 0 unspecified atom stereocenters. The number of halogens is 2. The van der Waals surface area contributed by atoms with Gasteiger partial charge in [-0.3, -0.25) is 4.79 Å². The van der Waals surface area contributed by atoms with Crippen LogP contribution in [0.2, 0.25) is 10.0 Å². The number of carbonyl (C=O) groups is 2. The summed E-state index contributed by atoms with van der Waals surface area (Å²) < 4.78 is 0. The lowest BCUT2D eigenvalue weighted by Crippen LogP contribution is -2.47. The average molecular weight is 418 g/mol. The van der Waals surface area contributed by atoms with Crippen molar-refractivity contribution in [1.29, 1.82) is 0 Å². The molecule has 5 nitrogen and oxygen atoms in total. The molecule has 0 atom stereocenters.